The number of H-pyrrole nitrogens is 1. The van der Waals surface area contributed by atoms with E-state index in [-0.39, 0.29) is 12.2 Å². The van der Waals surface area contributed by atoms with E-state index in [1.165, 1.54) is 12.1 Å². The van der Waals surface area contributed by atoms with Gasteiger partial charge in [0.1, 0.15) is 18.2 Å². The normalized spacial score (nSPS) is 10.5. The molecule has 3 aromatic rings. The Labute approximate surface area is 137 Å². The van der Waals surface area contributed by atoms with Crippen LogP contribution in [0.4, 0.5) is 4.39 Å². The summed E-state index contributed by atoms with van der Waals surface area (Å²) in [6.45, 7) is 0.0990. The fraction of sp³-hybridized carbons (Fsp3) is 0.0556. The van der Waals surface area contributed by atoms with Crippen molar-refractivity contribution in [3.8, 4) is 16.9 Å². The molecule has 0 atom stereocenters. The summed E-state index contributed by atoms with van der Waals surface area (Å²) in [5.41, 5.74) is 1.90. The number of rotatable bonds is 4. The van der Waals surface area contributed by atoms with Gasteiger partial charge in [0.15, 0.2) is 0 Å². The first-order chi connectivity index (χ1) is 11.1. The van der Waals surface area contributed by atoms with Gasteiger partial charge in [-0.05, 0) is 41.5 Å². The van der Waals surface area contributed by atoms with Gasteiger partial charge in [-0.15, -0.1) is 0 Å². The third-order valence-electron chi connectivity index (χ3n) is 3.35. The fourth-order valence-corrected chi connectivity index (χ4v) is 2.35. The molecule has 0 aliphatic rings. The molecule has 1 aromatic heterocycles. The van der Waals surface area contributed by atoms with Crippen LogP contribution in [0.2, 0.25) is 5.02 Å². The quantitative estimate of drug-likeness (QED) is 0.770. The van der Waals surface area contributed by atoms with Crippen LogP contribution in [-0.4, -0.2) is 4.98 Å². The highest BCUT2D eigenvalue weighted by Gasteiger charge is 2.05. The van der Waals surface area contributed by atoms with Gasteiger partial charge in [-0.25, -0.2) is 4.39 Å². The van der Waals surface area contributed by atoms with Gasteiger partial charge in [0.2, 0.25) is 5.56 Å². The Morgan fingerprint density at radius 1 is 1.04 bits per heavy atom. The topological polar surface area (TPSA) is 42.1 Å². The average molecular weight is 330 g/mol. The molecular formula is C18H13ClFNO2. The number of hydrogen-bond donors (Lipinski definition) is 1. The zero-order chi connectivity index (χ0) is 16.2. The van der Waals surface area contributed by atoms with Gasteiger partial charge < -0.3 is 9.72 Å². The molecule has 0 aliphatic carbocycles. The van der Waals surface area contributed by atoms with Crippen LogP contribution in [0.5, 0.6) is 5.75 Å². The maximum atomic E-state index is 13.7. The molecule has 1 heterocycles. The predicted molar refractivity (Wildman–Crippen MR) is 88.2 cm³/mol. The number of pyridine rings is 1. The lowest BCUT2D eigenvalue weighted by atomic mass is 10.1. The first kappa shape index (κ1) is 15.3. The molecular weight excluding hydrogens is 317 g/mol. The van der Waals surface area contributed by atoms with Crippen LogP contribution in [0, 0.1) is 5.82 Å². The van der Waals surface area contributed by atoms with Crippen molar-refractivity contribution in [3.63, 3.8) is 0 Å². The second-order valence-corrected chi connectivity index (χ2v) is 5.43. The van der Waals surface area contributed by atoms with E-state index in [2.05, 4.69) is 4.98 Å². The molecule has 0 saturated heterocycles. The highest BCUT2D eigenvalue weighted by atomic mass is 35.5. The molecule has 0 fully saturated rings. The van der Waals surface area contributed by atoms with E-state index >= 15 is 0 Å². The van der Waals surface area contributed by atoms with Crippen LogP contribution in [0.25, 0.3) is 11.1 Å². The Bertz CT molecular complexity index is 892. The molecule has 0 amide bonds. The van der Waals surface area contributed by atoms with Gasteiger partial charge in [-0.2, -0.15) is 0 Å². The van der Waals surface area contributed by atoms with Crippen molar-refractivity contribution in [1.29, 1.82) is 0 Å². The Morgan fingerprint density at radius 3 is 2.65 bits per heavy atom. The van der Waals surface area contributed by atoms with E-state index in [4.69, 9.17) is 16.3 Å². The fourth-order valence-electron chi connectivity index (χ4n) is 2.19. The summed E-state index contributed by atoms with van der Waals surface area (Å²) < 4.78 is 19.4. The number of ether oxygens (including phenoxy) is 1. The molecule has 0 bridgehead atoms. The minimum atomic E-state index is -0.400. The number of benzene rings is 2. The first-order valence-electron chi connectivity index (χ1n) is 6.98. The summed E-state index contributed by atoms with van der Waals surface area (Å²) in [6, 6.07) is 15.1. The summed E-state index contributed by atoms with van der Waals surface area (Å²) in [5.74, 6) is 0.195. The van der Waals surface area contributed by atoms with Crippen molar-refractivity contribution in [2.45, 2.75) is 6.61 Å². The molecule has 0 spiro atoms. The monoisotopic (exact) mass is 329 g/mol. The minimum Gasteiger partial charge on any atom is -0.489 e. The van der Waals surface area contributed by atoms with Gasteiger partial charge >= 0.3 is 0 Å². The highest BCUT2D eigenvalue weighted by molar-refractivity contribution is 6.30. The van der Waals surface area contributed by atoms with Crippen molar-refractivity contribution in [1.82, 2.24) is 4.98 Å². The third kappa shape index (κ3) is 3.79. The number of hydrogen-bond acceptors (Lipinski definition) is 2. The average Bonchev–Trinajstić information content (AvgIpc) is 2.54. The van der Waals surface area contributed by atoms with Gasteiger partial charge in [0, 0.05) is 22.8 Å². The summed E-state index contributed by atoms with van der Waals surface area (Å²) in [6.07, 6.45) is 1.59. The Kier molecular flexibility index (Phi) is 4.44. The van der Waals surface area contributed by atoms with Gasteiger partial charge in [0.25, 0.3) is 0 Å². The number of nitrogens with one attached hydrogen (secondary N) is 1. The molecule has 23 heavy (non-hydrogen) atoms. The van der Waals surface area contributed by atoms with Gasteiger partial charge in [-0.1, -0.05) is 29.8 Å². The Morgan fingerprint density at radius 2 is 1.87 bits per heavy atom. The molecule has 116 valence electrons. The summed E-state index contributed by atoms with van der Waals surface area (Å²) >= 11 is 5.73. The van der Waals surface area contributed by atoms with E-state index < -0.39 is 5.82 Å². The maximum absolute atomic E-state index is 13.7. The smallest absolute Gasteiger partial charge is 0.248 e. The lowest BCUT2D eigenvalue weighted by Gasteiger charge is -2.09. The number of aromatic nitrogens is 1. The van der Waals surface area contributed by atoms with E-state index in [0.717, 1.165) is 11.1 Å². The minimum absolute atomic E-state index is 0.0990. The zero-order valence-corrected chi connectivity index (χ0v) is 12.8. The van der Waals surface area contributed by atoms with Crippen LogP contribution in [0.1, 0.15) is 5.56 Å². The van der Waals surface area contributed by atoms with Gasteiger partial charge in [0.05, 0.1) is 0 Å². The standard InChI is InChI=1S/C18H13ClFNO2/c19-15-5-4-14(17(20)10-15)11-23-16-3-1-2-12(8-16)13-6-7-21-18(22)9-13/h1-10H,11H2,(H,21,22). The number of halogens is 2. The summed E-state index contributed by atoms with van der Waals surface area (Å²) in [4.78, 5) is 14.0. The largest absolute Gasteiger partial charge is 0.489 e. The van der Waals surface area contributed by atoms with Crippen molar-refractivity contribution in [2.24, 2.45) is 0 Å². The first-order valence-corrected chi connectivity index (χ1v) is 7.35. The van der Waals surface area contributed by atoms with Crippen molar-refractivity contribution < 1.29 is 9.13 Å². The lowest BCUT2D eigenvalue weighted by molar-refractivity contribution is 0.300. The summed E-state index contributed by atoms with van der Waals surface area (Å²) in [7, 11) is 0. The molecule has 3 nitrogen and oxygen atoms in total. The predicted octanol–water partition coefficient (Wildman–Crippen LogP) is 4.41. The maximum Gasteiger partial charge on any atom is 0.248 e. The van der Waals surface area contributed by atoms with Crippen LogP contribution in [-0.2, 0) is 6.61 Å². The van der Waals surface area contributed by atoms with Crippen LogP contribution in [0.3, 0.4) is 0 Å². The number of aromatic amines is 1. The molecule has 0 aliphatic heterocycles. The Balaban J connectivity index is 1.79. The zero-order valence-electron chi connectivity index (χ0n) is 12.1. The van der Waals surface area contributed by atoms with Gasteiger partial charge in [-0.3, -0.25) is 4.79 Å². The van der Waals surface area contributed by atoms with Crippen molar-refractivity contribution in [3.05, 3.63) is 87.6 Å². The molecule has 2 aromatic carbocycles. The third-order valence-corrected chi connectivity index (χ3v) is 3.59. The molecule has 0 unspecified atom stereocenters. The SMILES string of the molecule is O=c1cc(-c2cccc(OCc3ccc(Cl)cc3F)c2)cc[nH]1. The second-order valence-electron chi connectivity index (χ2n) is 4.99. The second kappa shape index (κ2) is 6.67. The van der Waals surface area contributed by atoms with Crippen molar-refractivity contribution >= 4 is 11.6 Å². The lowest BCUT2D eigenvalue weighted by Crippen LogP contribution is -2.02. The van der Waals surface area contributed by atoms with Crippen molar-refractivity contribution in [2.75, 3.05) is 0 Å². The van der Waals surface area contributed by atoms with E-state index in [0.29, 0.717) is 16.3 Å². The van der Waals surface area contributed by atoms with Crippen LogP contribution < -0.4 is 10.3 Å². The van der Waals surface area contributed by atoms with E-state index in [1.54, 1.807) is 30.5 Å². The summed E-state index contributed by atoms with van der Waals surface area (Å²) in [5, 5.41) is 0.350. The van der Waals surface area contributed by atoms with Crippen LogP contribution >= 0.6 is 11.6 Å². The molecule has 3 rings (SSSR count). The molecule has 1 N–H and O–H groups in total. The molecule has 0 radical (unpaired) electrons. The molecule has 0 saturated carbocycles. The highest BCUT2D eigenvalue weighted by Crippen LogP contribution is 2.24. The van der Waals surface area contributed by atoms with E-state index in [9.17, 15) is 9.18 Å². The molecule has 5 heteroatoms. The van der Waals surface area contributed by atoms with Crippen LogP contribution in [0.15, 0.2) is 65.6 Å². The van der Waals surface area contributed by atoms with E-state index in [1.807, 2.05) is 18.2 Å². The Hall–Kier alpha value is -2.59.